The molecule has 30 heavy (non-hydrogen) atoms. The van der Waals surface area contributed by atoms with Crippen molar-refractivity contribution in [3.63, 3.8) is 0 Å². The Balaban J connectivity index is 1.49. The molecule has 2 aliphatic rings. The highest BCUT2D eigenvalue weighted by Gasteiger charge is 2.40. The van der Waals surface area contributed by atoms with E-state index in [0.29, 0.717) is 45.9 Å². The molecule has 4 rings (SSSR count). The predicted octanol–water partition coefficient (Wildman–Crippen LogP) is 4.51. The number of halogens is 1. The molecule has 0 radical (unpaired) electrons. The van der Waals surface area contributed by atoms with Crippen LogP contribution in [-0.4, -0.2) is 29.1 Å². The first-order valence-electron chi connectivity index (χ1n) is 10.8. The summed E-state index contributed by atoms with van der Waals surface area (Å²) >= 11 is 6.31. The van der Waals surface area contributed by atoms with Gasteiger partial charge in [-0.15, -0.1) is 0 Å². The summed E-state index contributed by atoms with van der Waals surface area (Å²) in [5, 5.41) is 10.9. The first-order valence-corrected chi connectivity index (χ1v) is 11.2. The van der Waals surface area contributed by atoms with Crippen LogP contribution in [0.5, 0.6) is 0 Å². The molecule has 7 heteroatoms. The molecule has 2 aromatic rings. The number of rotatable bonds is 5. The van der Waals surface area contributed by atoms with Crippen molar-refractivity contribution in [1.29, 1.82) is 0 Å². The van der Waals surface area contributed by atoms with Crippen molar-refractivity contribution in [1.82, 2.24) is 15.8 Å². The second kappa shape index (κ2) is 8.80. The summed E-state index contributed by atoms with van der Waals surface area (Å²) in [6.07, 6.45) is 5.50. The van der Waals surface area contributed by atoms with E-state index in [9.17, 15) is 9.59 Å². The summed E-state index contributed by atoms with van der Waals surface area (Å²) in [5.41, 5.74) is 1.55. The molecule has 2 N–H and O–H groups in total. The Morgan fingerprint density at radius 1 is 1.33 bits per heavy atom. The second-order valence-electron chi connectivity index (χ2n) is 8.52. The van der Waals surface area contributed by atoms with Crippen LogP contribution in [0.1, 0.15) is 61.6 Å². The Morgan fingerprint density at radius 3 is 2.90 bits per heavy atom. The zero-order chi connectivity index (χ0) is 21.3. The van der Waals surface area contributed by atoms with E-state index < -0.39 is 0 Å². The van der Waals surface area contributed by atoms with E-state index in [0.717, 1.165) is 32.1 Å². The first-order chi connectivity index (χ1) is 14.5. The van der Waals surface area contributed by atoms with E-state index in [1.165, 1.54) is 0 Å². The van der Waals surface area contributed by atoms with E-state index >= 15 is 0 Å². The molecule has 2 amide bonds. The third-order valence-corrected chi connectivity index (χ3v) is 6.85. The van der Waals surface area contributed by atoms with E-state index in [1.807, 2.05) is 18.2 Å². The van der Waals surface area contributed by atoms with Crippen LogP contribution in [0.4, 0.5) is 0 Å². The number of amides is 2. The molecule has 4 atom stereocenters. The summed E-state index contributed by atoms with van der Waals surface area (Å²) in [7, 11) is 0. The van der Waals surface area contributed by atoms with Gasteiger partial charge in [0, 0.05) is 24.1 Å². The highest BCUT2D eigenvalue weighted by atomic mass is 35.5. The van der Waals surface area contributed by atoms with Gasteiger partial charge in [-0.1, -0.05) is 48.3 Å². The molecule has 2 fully saturated rings. The lowest BCUT2D eigenvalue weighted by molar-refractivity contribution is -0.127. The monoisotopic (exact) mass is 429 g/mol. The Labute approximate surface area is 181 Å². The molecule has 1 aromatic heterocycles. The Kier molecular flexibility index (Phi) is 6.14. The molecule has 160 valence electrons. The normalized spacial score (nSPS) is 26.0. The lowest BCUT2D eigenvalue weighted by atomic mass is 9.70. The minimum Gasteiger partial charge on any atom is -0.360 e. The van der Waals surface area contributed by atoms with Gasteiger partial charge in [-0.2, -0.15) is 0 Å². The molecule has 1 aromatic carbocycles. The maximum Gasteiger partial charge on any atom is 0.257 e. The van der Waals surface area contributed by atoms with Gasteiger partial charge in [0.1, 0.15) is 17.0 Å². The van der Waals surface area contributed by atoms with Crippen molar-refractivity contribution in [3.05, 3.63) is 40.6 Å². The molecule has 1 saturated heterocycles. The van der Waals surface area contributed by atoms with Crippen LogP contribution < -0.4 is 10.6 Å². The highest BCUT2D eigenvalue weighted by molar-refractivity contribution is 6.33. The summed E-state index contributed by atoms with van der Waals surface area (Å²) in [6.45, 7) is 3.90. The van der Waals surface area contributed by atoms with Crippen LogP contribution in [0, 0.1) is 18.8 Å². The molecule has 2 heterocycles. The summed E-state index contributed by atoms with van der Waals surface area (Å²) in [6, 6.07) is 7.42. The number of fused-ring (bicyclic) bond motifs is 1. The molecule has 1 aliphatic heterocycles. The highest BCUT2D eigenvalue weighted by Crippen LogP contribution is 2.38. The number of carbonyl (C=O) groups excluding carboxylic acids is 2. The molecule has 0 bridgehead atoms. The fraction of sp³-hybridized carbons (Fsp3) is 0.522. The van der Waals surface area contributed by atoms with Crippen molar-refractivity contribution in [2.45, 2.75) is 64.5 Å². The molecule has 6 nitrogen and oxygen atoms in total. The SMILES string of the molecule is CCCC1CC(=O)NC2CC(NC(=O)c3c(-c4ccccc4Cl)noc3C)CCC12. The number of nitrogens with zero attached hydrogens (tertiary/aromatic N) is 1. The van der Waals surface area contributed by atoms with Crippen LogP contribution in [0.25, 0.3) is 11.3 Å². The lowest BCUT2D eigenvalue weighted by Crippen LogP contribution is -2.55. The molecule has 0 spiro atoms. The topological polar surface area (TPSA) is 84.2 Å². The van der Waals surface area contributed by atoms with Crippen LogP contribution in [-0.2, 0) is 4.79 Å². The maximum atomic E-state index is 13.1. The molecular weight excluding hydrogens is 402 g/mol. The third kappa shape index (κ3) is 4.10. The standard InChI is InChI=1S/C23H28ClN3O3/c1-3-6-14-11-20(28)26-19-12-15(9-10-16(14)19)25-23(29)21-13(2)30-27-22(21)17-7-4-5-8-18(17)24/h4-5,7-8,14-16,19H,3,6,9-12H2,1-2H3,(H,25,29)(H,26,28). The Hall–Kier alpha value is -2.34. The quantitative estimate of drug-likeness (QED) is 0.732. The van der Waals surface area contributed by atoms with Gasteiger partial charge in [0.05, 0.1) is 5.02 Å². The van der Waals surface area contributed by atoms with E-state index in [-0.39, 0.29) is 23.9 Å². The molecule has 1 saturated carbocycles. The third-order valence-electron chi connectivity index (χ3n) is 6.52. The average Bonchev–Trinajstić information content (AvgIpc) is 3.09. The second-order valence-corrected chi connectivity index (χ2v) is 8.92. The van der Waals surface area contributed by atoms with Gasteiger partial charge in [0.25, 0.3) is 5.91 Å². The predicted molar refractivity (Wildman–Crippen MR) is 115 cm³/mol. The molecule has 1 aliphatic carbocycles. The zero-order valence-corrected chi connectivity index (χ0v) is 18.2. The van der Waals surface area contributed by atoms with Crippen molar-refractivity contribution >= 4 is 23.4 Å². The summed E-state index contributed by atoms with van der Waals surface area (Å²) in [5.74, 6) is 1.35. The van der Waals surface area contributed by atoms with Crippen molar-refractivity contribution < 1.29 is 14.1 Å². The summed E-state index contributed by atoms with van der Waals surface area (Å²) < 4.78 is 5.33. The van der Waals surface area contributed by atoms with E-state index in [1.54, 1.807) is 13.0 Å². The number of aryl methyl sites for hydroxylation is 1. The number of hydrogen-bond donors (Lipinski definition) is 2. The van der Waals surface area contributed by atoms with E-state index in [4.69, 9.17) is 16.1 Å². The van der Waals surface area contributed by atoms with Gasteiger partial charge in [0.2, 0.25) is 5.91 Å². The van der Waals surface area contributed by atoms with Crippen LogP contribution in [0.3, 0.4) is 0 Å². The van der Waals surface area contributed by atoms with Gasteiger partial charge in [0.15, 0.2) is 0 Å². The number of aromatic nitrogens is 1. The van der Waals surface area contributed by atoms with Crippen LogP contribution in [0.2, 0.25) is 5.02 Å². The lowest BCUT2D eigenvalue weighted by Gasteiger charge is -2.44. The number of hydrogen-bond acceptors (Lipinski definition) is 4. The maximum absolute atomic E-state index is 13.1. The Morgan fingerprint density at radius 2 is 2.13 bits per heavy atom. The number of benzene rings is 1. The number of nitrogens with one attached hydrogen (secondary N) is 2. The Bertz CT molecular complexity index is 942. The molecular formula is C23H28ClN3O3. The minimum absolute atomic E-state index is 0.00724. The summed E-state index contributed by atoms with van der Waals surface area (Å²) in [4.78, 5) is 25.3. The fourth-order valence-electron chi connectivity index (χ4n) is 5.13. The first kappa shape index (κ1) is 20.9. The van der Waals surface area contributed by atoms with Crippen LogP contribution >= 0.6 is 11.6 Å². The number of carbonyl (C=O) groups is 2. The smallest absolute Gasteiger partial charge is 0.257 e. The van der Waals surface area contributed by atoms with Crippen molar-refractivity contribution in [2.24, 2.45) is 11.8 Å². The van der Waals surface area contributed by atoms with Crippen molar-refractivity contribution in [3.8, 4) is 11.3 Å². The fourth-order valence-corrected chi connectivity index (χ4v) is 5.36. The van der Waals surface area contributed by atoms with Gasteiger partial charge in [-0.25, -0.2) is 0 Å². The number of piperidine rings is 1. The van der Waals surface area contributed by atoms with Gasteiger partial charge >= 0.3 is 0 Å². The van der Waals surface area contributed by atoms with Gasteiger partial charge in [-0.05, 0) is 50.5 Å². The van der Waals surface area contributed by atoms with Gasteiger partial charge in [-0.3, -0.25) is 9.59 Å². The molecule has 4 unspecified atom stereocenters. The van der Waals surface area contributed by atoms with Gasteiger partial charge < -0.3 is 15.2 Å². The average molecular weight is 430 g/mol. The largest absolute Gasteiger partial charge is 0.360 e. The van der Waals surface area contributed by atoms with E-state index in [2.05, 4.69) is 22.7 Å². The zero-order valence-electron chi connectivity index (χ0n) is 17.4. The van der Waals surface area contributed by atoms with Crippen LogP contribution in [0.15, 0.2) is 28.8 Å². The van der Waals surface area contributed by atoms with Crippen molar-refractivity contribution in [2.75, 3.05) is 0 Å². The minimum atomic E-state index is -0.209.